The molecule has 0 aliphatic carbocycles. The Kier molecular flexibility index (Phi) is 6.80. The van der Waals surface area contributed by atoms with Crippen LogP contribution in [0.1, 0.15) is 22.9 Å². The molecule has 2 amide bonds. The number of fused-ring (bicyclic) bond motifs is 1. The summed E-state index contributed by atoms with van der Waals surface area (Å²) in [5.41, 5.74) is 1.35. The third-order valence-corrected chi connectivity index (χ3v) is 7.46. The molecular weight excluding hydrogens is 521 g/mol. The number of nitrogens with one attached hydrogen (secondary N) is 1. The fourth-order valence-corrected chi connectivity index (χ4v) is 5.26. The van der Waals surface area contributed by atoms with Gasteiger partial charge in [0.05, 0.1) is 10.6 Å². The van der Waals surface area contributed by atoms with Crippen molar-refractivity contribution in [3.8, 4) is 10.7 Å². The summed E-state index contributed by atoms with van der Waals surface area (Å²) >= 11 is 1.50. The molecule has 1 aliphatic heterocycles. The Morgan fingerprint density at radius 3 is 2.59 bits per heavy atom. The average molecular weight is 546 g/mol. The first-order valence-corrected chi connectivity index (χ1v) is 13.4. The lowest BCUT2D eigenvalue weighted by Crippen LogP contribution is -2.49. The molecule has 1 saturated heterocycles. The largest absolute Gasteiger partial charge is 0.449 e. The van der Waals surface area contributed by atoms with Crippen LogP contribution in [0.5, 0.6) is 0 Å². The first kappa shape index (κ1) is 24.8. The van der Waals surface area contributed by atoms with Crippen molar-refractivity contribution in [2.75, 3.05) is 36.4 Å². The molecule has 3 aromatic heterocycles. The number of halogens is 1. The third kappa shape index (κ3) is 5.13. The summed E-state index contributed by atoms with van der Waals surface area (Å²) in [7, 11) is 0. The number of furan rings is 1. The number of hydrogen-bond donors (Lipinski definition) is 1. The van der Waals surface area contributed by atoms with E-state index in [2.05, 4.69) is 15.5 Å². The summed E-state index contributed by atoms with van der Waals surface area (Å²) in [4.78, 5) is 35.3. The van der Waals surface area contributed by atoms with Crippen molar-refractivity contribution in [2.24, 2.45) is 0 Å². The maximum absolute atomic E-state index is 14.2. The molecule has 198 valence electrons. The molecule has 0 radical (unpaired) electrons. The number of anilines is 2. The number of nitrogens with zero attached hydrogens (tertiary/aromatic N) is 4. The highest BCUT2D eigenvalue weighted by Crippen LogP contribution is 2.32. The van der Waals surface area contributed by atoms with Crippen LogP contribution in [-0.2, 0) is 11.2 Å². The molecule has 6 rings (SSSR count). The van der Waals surface area contributed by atoms with Crippen molar-refractivity contribution < 1.29 is 22.9 Å². The standard InChI is InChI=1S/C28H24FN5O4S/c29-19-7-2-3-8-20(19)33-13-15-34(16-14-33)28(36)26-25(18-6-1-4-9-21(18)37-26)30-23(35)11-12-24-31-27(32-38-24)22-10-5-17-39-22/h1-10,17H,11-16H2,(H,30,35). The van der Waals surface area contributed by atoms with E-state index in [1.807, 2.05) is 28.5 Å². The number of aromatic nitrogens is 2. The molecule has 0 spiro atoms. The Labute approximate surface area is 226 Å². The molecule has 5 aromatic rings. The maximum Gasteiger partial charge on any atom is 0.291 e. The number of benzene rings is 2. The van der Waals surface area contributed by atoms with Gasteiger partial charge in [-0.15, -0.1) is 11.3 Å². The molecule has 0 unspecified atom stereocenters. The zero-order valence-corrected chi connectivity index (χ0v) is 21.6. The van der Waals surface area contributed by atoms with E-state index < -0.39 is 0 Å². The minimum absolute atomic E-state index is 0.0710. The molecule has 1 fully saturated rings. The Bertz CT molecular complexity index is 1620. The number of amides is 2. The fourth-order valence-electron chi connectivity index (χ4n) is 4.61. The molecule has 2 aromatic carbocycles. The molecule has 0 atom stereocenters. The molecule has 39 heavy (non-hydrogen) atoms. The Morgan fingerprint density at radius 1 is 1.00 bits per heavy atom. The Balaban J connectivity index is 1.15. The third-order valence-electron chi connectivity index (χ3n) is 6.59. The van der Waals surface area contributed by atoms with Gasteiger partial charge in [-0.25, -0.2) is 4.39 Å². The van der Waals surface area contributed by atoms with Gasteiger partial charge >= 0.3 is 0 Å². The number of aryl methyl sites for hydroxylation is 1. The van der Waals surface area contributed by atoms with E-state index in [-0.39, 0.29) is 36.2 Å². The van der Waals surface area contributed by atoms with E-state index in [0.717, 1.165) is 4.88 Å². The highest BCUT2D eigenvalue weighted by Gasteiger charge is 2.29. The van der Waals surface area contributed by atoms with Gasteiger partial charge in [0, 0.05) is 44.4 Å². The monoisotopic (exact) mass is 545 g/mol. The highest BCUT2D eigenvalue weighted by molar-refractivity contribution is 7.13. The van der Waals surface area contributed by atoms with Gasteiger partial charge in [-0.1, -0.05) is 35.5 Å². The highest BCUT2D eigenvalue weighted by atomic mass is 32.1. The minimum Gasteiger partial charge on any atom is -0.449 e. The van der Waals surface area contributed by atoms with E-state index in [0.29, 0.717) is 60.2 Å². The van der Waals surface area contributed by atoms with E-state index in [1.165, 1.54) is 17.4 Å². The quantitative estimate of drug-likeness (QED) is 0.299. The SMILES string of the molecule is O=C(CCc1nc(-c2cccs2)no1)Nc1c(C(=O)N2CCN(c3ccccc3F)CC2)oc2ccccc12. The second-order valence-electron chi connectivity index (χ2n) is 9.07. The van der Waals surface area contributed by atoms with E-state index in [9.17, 15) is 14.0 Å². The number of para-hydroxylation sites is 2. The number of thiophene rings is 1. The predicted octanol–water partition coefficient (Wildman–Crippen LogP) is 5.22. The van der Waals surface area contributed by atoms with E-state index in [1.54, 1.807) is 41.3 Å². The van der Waals surface area contributed by atoms with Gasteiger partial charge < -0.3 is 24.1 Å². The Morgan fingerprint density at radius 2 is 1.79 bits per heavy atom. The first-order chi connectivity index (χ1) is 19.1. The van der Waals surface area contributed by atoms with Crippen LogP contribution in [0.3, 0.4) is 0 Å². The number of hydrogen-bond acceptors (Lipinski definition) is 8. The molecule has 1 aliphatic rings. The molecule has 4 heterocycles. The van der Waals surface area contributed by atoms with Crippen LogP contribution in [0, 0.1) is 5.82 Å². The van der Waals surface area contributed by atoms with Crippen molar-refractivity contribution in [3.63, 3.8) is 0 Å². The fraction of sp³-hybridized carbons (Fsp3) is 0.214. The molecular formula is C28H24FN5O4S. The van der Waals surface area contributed by atoms with Gasteiger partial charge in [0.1, 0.15) is 17.1 Å². The zero-order valence-electron chi connectivity index (χ0n) is 20.8. The maximum atomic E-state index is 14.2. The summed E-state index contributed by atoms with van der Waals surface area (Å²) in [6, 6.07) is 17.6. The molecule has 11 heteroatoms. The van der Waals surface area contributed by atoms with Crippen LogP contribution in [-0.4, -0.2) is 53.0 Å². The lowest BCUT2D eigenvalue weighted by molar-refractivity contribution is -0.116. The average Bonchev–Trinajstić information content (AvgIpc) is 3.73. The van der Waals surface area contributed by atoms with Crippen molar-refractivity contribution in [1.82, 2.24) is 15.0 Å². The molecule has 0 saturated carbocycles. The van der Waals surface area contributed by atoms with Gasteiger partial charge in [0.2, 0.25) is 23.4 Å². The van der Waals surface area contributed by atoms with Crippen LogP contribution < -0.4 is 10.2 Å². The zero-order chi connectivity index (χ0) is 26.8. The van der Waals surface area contributed by atoms with Gasteiger partial charge in [-0.2, -0.15) is 4.98 Å². The summed E-state index contributed by atoms with van der Waals surface area (Å²) in [6.45, 7) is 1.74. The lowest BCUT2D eigenvalue weighted by Gasteiger charge is -2.35. The predicted molar refractivity (Wildman–Crippen MR) is 145 cm³/mol. The lowest BCUT2D eigenvalue weighted by atomic mass is 10.2. The van der Waals surface area contributed by atoms with Crippen molar-refractivity contribution >= 4 is 45.5 Å². The molecule has 1 N–H and O–H groups in total. The van der Waals surface area contributed by atoms with E-state index in [4.69, 9.17) is 8.94 Å². The van der Waals surface area contributed by atoms with Gasteiger partial charge in [-0.3, -0.25) is 9.59 Å². The molecule has 9 nitrogen and oxygen atoms in total. The second kappa shape index (κ2) is 10.7. The summed E-state index contributed by atoms with van der Waals surface area (Å²) in [5.74, 6) is -0.00799. The van der Waals surface area contributed by atoms with Gasteiger partial charge in [0.25, 0.3) is 5.91 Å². The first-order valence-electron chi connectivity index (χ1n) is 12.5. The Hall–Kier alpha value is -4.51. The van der Waals surface area contributed by atoms with E-state index >= 15 is 0 Å². The smallest absolute Gasteiger partial charge is 0.291 e. The number of rotatable bonds is 7. The van der Waals surface area contributed by atoms with Crippen LogP contribution in [0.25, 0.3) is 21.7 Å². The summed E-state index contributed by atoms with van der Waals surface area (Å²) in [5, 5.41) is 9.41. The van der Waals surface area contributed by atoms with Crippen molar-refractivity contribution in [1.29, 1.82) is 0 Å². The normalized spacial score (nSPS) is 13.7. The number of carbonyl (C=O) groups is 2. The summed E-state index contributed by atoms with van der Waals surface area (Å²) in [6.07, 6.45) is 0.335. The van der Waals surface area contributed by atoms with Crippen LogP contribution >= 0.6 is 11.3 Å². The van der Waals surface area contributed by atoms with Gasteiger partial charge in [0.15, 0.2) is 0 Å². The summed E-state index contributed by atoms with van der Waals surface area (Å²) < 4.78 is 25.5. The topological polar surface area (TPSA) is 105 Å². The van der Waals surface area contributed by atoms with Crippen LogP contribution in [0.15, 0.2) is 75.0 Å². The minimum atomic E-state index is -0.327. The van der Waals surface area contributed by atoms with Crippen LogP contribution in [0.2, 0.25) is 0 Å². The van der Waals surface area contributed by atoms with Crippen molar-refractivity contribution in [3.05, 3.63) is 83.5 Å². The van der Waals surface area contributed by atoms with Crippen molar-refractivity contribution in [2.45, 2.75) is 12.8 Å². The van der Waals surface area contributed by atoms with Crippen LogP contribution in [0.4, 0.5) is 15.8 Å². The number of carbonyl (C=O) groups excluding carboxylic acids is 2. The second-order valence-corrected chi connectivity index (χ2v) is 10.0. The van der Waals surface area contributed by atoms with Gasteiger partial charge in [-0.05, 0) is 35.7 Å². The number of piperazine rings is 1. The molecule has 0 bridgehead atoms.